The van der Waals surface area contributed by atoms with Gasteiger partial charge in [-0.15, -0.1) is 0 Å². The van der Waals surface area contributed by atoms with Crippen molar-refractivity contribution in [2.75, 3.05) is 13.2 Å². The highest BCUT2D eigenvalue weighted by Gasteiger charge is 2.22. The Bertz CT molecular complexity index is 413. The minimum atomic E-state index is -0.545. The summed E-state index contributed by atoms with van der Waals surface area (Å²) < 4.78 is 23.4. The van der Waals surface area contributed by atoms with Gasteiger partial charge in [0.05, 0.1) is 0 Å². The topological polar surface area (TPSA) is 47.6 Å². The standard InChI is InChI=1S/C10H9ClFNO3/c11-6-1-2-8(7(12)3-6)15-5-10-13-9(14)4-16-10/h1-3,10H,4-5H2,(H,13,14). The van der Waals surface area contributed by atoms with Crippen molar-refractivity contribution in [1.82, 2.24) is 5.32 Å². The molecule has 4 nitrogen and oxygen atoms in total. The van der Waals surface area contributed by atoms with E-state index in [-0.39, 0.29) is 24.9 Å². The molecule has 1 aliphatic rings. The number of benzene rings is 1. The summed E-state index contributed by atoms with van der Waals surface area (Å²) in [4.78, 5) is 10.8. The summed E-state index contributed by atoms with van der Waals surface area (Å²) >= 11 is 5.59. The summed E-state index contributed by atoms with van der Waals surface area (Å²) in [6.07, 6.45) is -0.525. The van der Waals surface area contributed by atoms with Gasteiger partial charge in [0.1, 0.15) is 13.2 Å². The zero-order valence-electron chi connectivity index (χ0n) is 8.20. The molecule has 2 rings (SSSR count). The Morgan fingerprint density at radius 1 is 1.62 bits per heavy atom. The van der Waals surface area contributed by atoms with Crippen LogP contribution >= 0.6 is 11.6 Å². The van der Waals surface area contributed by atoms with Crippen LogP contribution in [0.5, 0.6) is 5.75 Å². The maximum Gasteiger partial charge on any atom is 0.248 e. The molecule has 1 aliphatic heterocycles. The highest BCUT2D eigenvalue weighted by atomic mass is 35.5. The molecule has 86 valence electrons. The molecule has 0 aromatic heterocycles. The van der Waals surface area contributed by atoms with Crippen LogP contribution in [0.15, 0.2) is 18.2 Å². The second-order valence-corrected chi connectivity index (χ2v) is 3.69. The van der Waals surface area contributed by atoms with E-state index in [9.17, 15) is 9.18 Å². The first-order valence-corrected chi connectivity index (χ1v) is 5.02. The van der Waals surface area contributed by atoms with Crippen LogP contribution in [0.4, 0.5) is 4.39 Å². The molecule has 1 N–H and O–H groups in total. The van der Waals surface area contributed by atoms with Gasteiger partial charge in [0.15, 0.2) is 17.8 Å². The molecule has 1 heterocycles. The first kappa shape index (κ1) is 11.2. The number of carbonyl (C=O) groups is 1. The molecule has 0 saturated carbocycles. The largest absolute Gasteiger partial charge is 0.486 e. The number of rotatable bonds is 3. The van der Waals surface area contributed by atoms with Crippen molar-refractivity contribution in [3.8, 4) is 5.75 Å². The molecule has 16 heavy (non-hydrogen) atoms. The first-order valence-electron chi connectivity index (χ1n) is 4.64. The first-order chi connectivity index (χ1) is 7.65. The van der Waals surface area contributed by atoms with Crippen molar-refractivity contribution in [2.45, 2.75) is 6.23 Å². The van der Waals surface area contributed by atoms with Gasteiger partial charge in [-0.2, -0.15) is 0 Å². The predicted octanol–water partition coefficient (Wildman–Crippen LogP) is 1.33. The quantitative estimate of drug-likeness (QED) is 0.874. The summed E-state index contributed by atoms with van der Waals surface area (Å²) in [7, 11) is 0. The lowest BCUT2D eigenvalue weighted by Gasteiger charge is -2.11. The normalized spacial score (nSPS) is 19.6. The van der Waals surface area contributed by atoms with Crippen LogP contribution in [0, 0.1) is 5.82 Å². The van der Waals surface area contributed by atoms with E-state index in [4.69, 9.17) is 21.1 Å². The molecular weight excluding hydrogens is 237 g/mol. The molecule has 0 radical (unpaired) electrons. The predicted molar refractivity (Wildman–Crippen MR) is 54.8 cm³/mol. The van der Waals surface area contributed by atoms with Gasteiger partial charge < -0.3 is 14.8 Å². The van der Waals surface area contributed by atoms with Crippen LogP contribution in [0.25, 0.3) is 0 Å². The van der Waals surface area contributed by atoms with Gasteiger partial charge in [-0.25, -0.2) is 4.39 Å². The third-order valence-corrected chi connectivity index (χ3v) is 2.26. The average Bonchev–Trinajstić information content (AvgIpc) is 2.63. The minimum absolute atomic E-state index is 0.0110. The third kappa shape index (κ3) is 2.62. The second-order valence-electron chi connectivity index (χ2n) is 3.25. The van der Waals surface area contributed by atoms with Gasteiger partial charge in [0.25, 0.3) is 0 Å². The van der Waals surface area contributed by atoms with Crippen molar-refractivity contribution >= 4 is 17.5 Å². The monoisotopic (exact) mass is 245 g/mol. The molecule has 6 heteroatoms. The summed E-state index contributed by atoms with van der Waals surface area (Å²) in [5.74, 6) is -0.670. The van der Waals surface area contributed by atoms with Crippen molar-refractivity contribution < 1.29 is 18.7 Å². The maximum atomic E-state index is 13.3. The van der Waals surface area contributed by atoms with Crippen LogP contribution in [0.3, 0.4) is 0 Å². The van der Waals surface area contributed by atoms with Gasteiger partial charge >= 0.3 is 0 Å². The van der Waals surface area contributed by atoms with Crippen molar-refractivity contribution in [3.05, 3.63) is 29.0 Å². The zero-order valence-corrected chi connectivity index (χ0v) is 8.96. The van der Waals surface area contributed by atoms with E-state index in [1.54, 1.807) is 0 Å². The summed E-state index contributed by atoms with van der Waals surface area (Å²) in [5, 5.41) is 2.82. The van der Waals surface area contributed by atoms with Crippen LogP contribution in [0.1, 0.15) is 0 Å². The molecular formula is C10H9ClFNO3. The van der Waals surface area contributed by atoms with Gasteiger partial charge in [-0.3, -0.25) is 4.79 Å². The van der Waals surface area contributed by atoms with Crippen molar-refractivity contribution in [1.29, 1.82) is 0 Å². The van der Waals surface area contributed by atoms with E-state index in [2.05, 4.69) is 5.32 Å². The van der Waals surface area contributed by atoms with E-state index in [0.29, 0.717) is 5.02 Å². The average molecular weight is 246 g/mol. The smallest absolute Gasteiger partial charge is 0.248 e. The molecule has 1 saturated heterocycles. The number of amides is 1. The lowest BCUT2D eigenvalue weighted by molar-refractivity contribution is -0.119. The molecule has 1 aromatic carbocycles. The number of halogens is 2. The minimum Gasteiger partial charge on any atom is -0.486 e. The summed E-state index contributed by atoms with van der Waals surface area (Å²) in [5.41, 5.74) is 0. The maximum absolute atomic E-state index is 13.3. The summed E-state index contributed by atoms with van der Waals surface area (Å²) in [6, 6.07) is 4.10. The number of hydrogen-bond acceptors (Lipinski definition) is 3. The Morgan fingerprint density at radius 2 is 2.44 bits per heavy atom. The number of nitrogens with one attached hydrogen (secondary N) is 1. The zero-order chi connectivity index (χ0) is 11.5. The Labute approximate surface area is 96.3 Å². The Hall–Kier alpha value is -1.33. The second kappa shape index (κ2) is 4.67. The van der Waals surface area contributed by atoms with Gasteiger partial charge in [-0.1, -0.05) is 11.6 Å². The van der Waals surface area contributed by atoms with Crippen molar-refractivity contribution in [3.63, 3.8) is 0 Å². The number of carbonyl (C=O) groups excluding carboxylic acids is 1. The van der Waals surface area contributed by atoms with E-state index in [0.717, 1.165) is 6.07 Å². The Kier molecular flexibility index (Phi) is 3.26. The Morgan fingerprint density at radius 3 is 3.06 bits per heavy atom. The molecule has 1 unspecified atom stereocenters. The lowest BCUT2D eigenvalue weighted by atomic mass is 10.3. The van der Waals surface area contributed by atoms with Gasteiger partial charge in [0, 0.05) is 5.02 Å². The van der Waals surface area contributed by atoms with Crippen LogP contribution in [0.2, 0.25) is 5.02 Å². The fourth-order valence-corrected chi connectivity index (χ4v) is 1.45. The fraction of sp³-hybridized carbons (Fsp3) is 0.300. The van der Waals surface area contributed by atoms with Gasteiger partial charge in [0.2, 0.25) is 5.91 Å². The lowest BCUT2D eigenvalue weighted by Crippen LogP contribution is -2.32. The van der Waals surface area contributed by atoms with Crippen LogP contribution in [-0.2, 0) is 9.53 Å². The summed E-state index contributed by atoms with van der Waals surface area (Å²) in [6.45, 7) is 0.0709. The van der Waals surface area contributed by atoms with Crippen LogP contribution < -0.4 is 10.1 Å². The third-order valence-electron chi connectivity index (χ3n) is 2.02. The van der Waals surface area contributed by atoms with Crippen molar-refractivity contribution in [2.24, 2.45) is 0 Å². The van der Waals surface area contributed by atoms with E-state index in [1.165, 1.54) is 12.1 Å². The fourth-order valence-electron chi connectivity index (χ4n) is 1.29. The molecule has 1 aromatic rings. The molecule has 1 fully saturated rings. The van der Waals surface area contributed by atoms with E-state index >= 15 is 0 Å². The molecule has 0 spiro atoms. The number of hydrogen-bond donors (Lipinski definition) is 1. The van der Waals surface area contributed by atoms with Gasteiger partial charge in [-0.05, 0) is 18.2 Å². The Balaban J connectivity index is 1.92. The van der Waals surface area contributed by atoms with E-state index in [1.807, 2.05) is 0 Å². The van der Waals surface area contributed by atoms with E-state index < -0.39 is 12.0 Å². The molecule has 1 amide bonds. The SMILES string of the molecule is O=C1COC(COc2ccc(Cl)cc2F)N1. The highest BCUT2D eigenvalue weighted by Crippen LogP contribution is 2.21. The highest BCUT2D eigenvalue weighted by molar-refractivity contribution is 6.30. The molecule has 0 bridgehead atoms. The number of ether oxygens (including phenoxy) is 2. The molecule has 1 atom stereocenters. The van der Waals surface area contributed by atoms with Crippen LogP contribution in [-0.4, -0.2) is 25.3 Å². The molecule has 0 aliphatic carbocycles.